The fourth-order valence-corrected chi connectivity index (χ4v) is 3.85. The fraction of sp³-hybridized carbons (Fsp3) is 0.400. The fourth-order valence-electron chi connectivity index (χ4n) is 3.85. The van der Waals surface area contributed by atoms with E-state index in [4.69, 9.17) is 4.74 Å². The second-order valence-corrected chi connectivity index (χ2v) is 6.94. The quantitative estimate of drug-likeness (QED) is 0.830. The Hall–Kier alpha value is -1.87. The van der Waals surface area contributed by atoms with Gasteiger partial charge < -0.3 is 4.74 Å². The Morgan fingerprint density at radius 3 is 2.57 bits per heavy atom. The summed E-state index contributed by atoms with van der Waals surface area (Å²) >= 11 is 0. The predicted octanol–water partition coefficient (Wildman–Crippen LogP) is 4.04. The molecule has 0 N–H and O–H groups in total. The molecule has 2 nitrogen and oxygen atoms in total. The number of rotatable bonds is 2. The van der Waals surface area contributed by atoms with E-state index in [1.165, 1.54) is 5.56 Å². The Labute approximate surface area is 136 Å². The minimum absolute atomic E-state index is 0.113. The van der Waals surface area contributed by atoms with Gasteiger partial charge in [-0.05, 0) is 50.0 Å². The molecular weight excluding hydrogens is 289 g/mol. The van der Waals surface area contributed by atoms with Gasteiger partial charge in [-0.1, -0.05) is 36.4 Å². The molecule has 3 heteroatoms. The summed E-state index contributed by atoms with van der Waals surface area (Å²) in [5.74, 6) is 0.621. The molecule has 23 heavy (non-hydrogen) atoms. The van der Waals surface area contributed by atoms with Crippen molar-refractivity contribution in [1.29, 1.82) is 0 Å². The zero-order valence-corrected chi connectivity index (χ0v) is 13.3. The maximum Gasteiger partial charge on any atom is 0.130 e. The largest absolute Gasteiger partial charge is 0.493 e. The van der Waals surface area contributed by atoms with Gasteiger partial charge in [0.2, 0.25) is 0 Å². The number of fused-ring (bicyclic) bond motifs is 1. The highest BCUT2D eigenvalue weighted by Gasteiger charge is 2.39. The molecule has 0 amide bonds. The molecular formula is C20H22FNO. The van der Waals surface area contributed by atoms with Gasteiger partial charge in [0, 0.05) is 17.5 Å². The molecule has 2 aromatic carbocycles. The molecule has 1 saturated heterocycles. The number of nitrogens with zero attached hydrogens (tertiary/aromatic N) is 1. The molecule has 0 bridgehead atoms. The molecule has 4 rings (SSSR count). The van der Waals surface area contributed by atoms with Crippen molar-refractivity contribution in [3.05, 3.63) is 65.5 Å². The molecule has 120 valence electrons. The third kappa shape index (κ3) is 2.98. The van der Waals surface area contributed by atoms with Gasteiger partial charge in [-0.15, -0.1) is 0 Å². The van der Waals surface area contributed by atoms with Crippen LogP contribution in [0.5, 0.6) is 5.75 Å². The summed E-state index contributed by atoms with van der Waals surface area (Å²) in [5, 5.41) is 0. The van der Waals surface area contributed by atoms with E-state index in [1.54, 1.807) is 12.1 Å². The van der Waals surface area contributed by atoms with Crippen LogP contribution in [-0.2, 0) is 13.0 Å². The molecule has 0 aromatic heterocycles. The molecule has 2 heterocycles. The van der Waals surface area contributed by atoms with Gasteiger partial charge in [0.15, 0.2) is 0 Å². The van der Waals surface area contributed by atoms with E-state index in [-0.39, 0.29) is 11.2 Å². The number of benzene rings is 2. The summed E-state index contributed by atoms with van der Waals surface area (Å²) in [6.07, 6.45) is 2.97. The lowest BCUT2D eigenvalue weighted by Crippen LogP contribution is -2.45. The number of hydrogen-bond acceptors (Lipinski definition) is 2. The predicted molar refractivity (Wildman–Crippen MR) is 89.0 cm³/mol. The van der Waals surface area contributed by atoms with Gasteiger partial charge >= 0.3 is 0 Å². The minimum atomic E-state index is -0.117. The van der Waals surface area contributed by atoms with Gasteiger partial charge in [0.1, 0.15) is 11.6 Å². The van der Waals surface area contributed by atoms with Gasteiger partial charge in [0.05, 0.1) is 6.61 Å². The van der Waals surface area contributed by atoms with E-state index in [2.05, 4.69) is 35.2 Å². The first-order chi connectivity index (χ1) is 11.2. The van der Waals surface area contributed by atoms with Crippen molar-refractivity contribution in [2.75, 3.05) is 19.7 Å². The van der Waals surface area contributed by atoms with Gasteiger partial charge in [-0.2, -0.15) is 0 Å². The van der Waals surface area contributed by atoms with Crippen LogP contribution < -0.4 is 4.74 Å². The molecule has 2 aliphatic heterocycles. The average molecular weight is 311 g/mol. The minimum Gasteiger partial charge on any atom is -0.493 e. The number of hydrogen-bond donors (Lipinski definition) is 0. The zero-order chi connectivity index (χ0) is 15.7. The van der Waals surface area contributed by atoms with Crippen molar-refractivity contribution < 1.29 is 9.13 Å². The molecule has 2 aromatic rings. The molecule has 0 unspecified atom stereocenters. The van der Waals surface area contributed by atoms with Crippen LogP contribution in [0.3, 0.4) is 0 Å². The second kappa shape index (κ2) is 5.97. The van der Waals surface area contributed by atoms with Crippen LogP contribution >= 0.6 is 0 Å². The van der Waals surface area contributed by atoms with Crippen LogP contribution in [0.4, 0.5) is 4.39 Å². The van der Waals surface area contributed by atoms with Crippen molar-refractivity contribution in [3.8, 4) is 5.75 Å². The Bertz CT molecular complexity index is 677. The Morgan fingerprint density at radius 1 is 1.00 bits per heavy atom. The Kier molecular flexibility index (Phi) is 3.82. The standard InChI is InChI=1S/C20H22FNO/c21-18-7-4-8-19-17(18)13-20(15-23-19)9-11-22(12-10-20)14-16-5-2-1-3-6-16/h1-8H,9-15H2. The normalized spacial score (nSPS) is 20.0. The van der Waals surface area contributed by atoms with E-state index in [0.717, 1.165) is 56.8 Å². The molecule has 0 aliphatic carbocycles. The highest BCUT2D eigenvalue weighted by atomic mass is 19.1. The van der Waals surface area contributed by atoms with Gasteiger partial charge in [-0.3, -0.25) is 4.90 Å². The summed E-state index contributed by atoms with van der Waals surface area (Å²) in [4.78, 5) is 2.50. The van der Waals surface area contributed by atoms with E-state index >= 15 is 0 Å². The Balaban J connectivity index is 1.43. The van der Waals surface area contributed by atoms with E-state index < -0.39 is 0 Å². The zero-order valence-electron chi connectivity index (χ0n) is 13.3. The van der Waals surface area contributed by atoms with Crippen LogP contribution in [0.15, 0.2) is 48.5 Å². The monoisotopic (exact) mass is 311 g/mol. The van der Waals surface area contributed by atoms with Gasteiger partial charge in [0.25, 0.3) is 0 Å². The third-order valence-corrected chi connectivity index (χ3v) is 5.33. The molecule has 0 saturated carbocycles. The SMILES string of the molecule is Fc1cccc2c1CC1(CCN(Cc3ccccc3)CC1)CO2. The van der Waals surface area contributed by atoms with E-state index in [0.29, 0.717) is 0 Å². The van der Waals surface area contributed by atoms with Crippen molar-refractivity contribution in [1.82, 2.24) is 4.90 Å². The van der Waals surface area contributed by atoms with Crippen LogP contribution in [-0.4, -0.2) is 24.6 Å². The smallest absolute Gasteiger partial charge is 0.130 e. The van der Waals surface area contributed by atoms with E-state index in [9.17, 15) is 4.39 Å². The summed E-state index contributed by atoms with van der Waals surface area (Å²) in [7, 11) is 0. The molecule has 1 spiro atoms. The van der Waals surface area contributed by atoms with E-state index in [1.807, 2.05) is 6.07 Å². The summed E-state index contributed by atoms with van der Waals surface area (Å²) < 4.78 is 20.0. The first-order valence-corrected chi connectivity index (χ1v) is 8.41. The number of likely N-dealkylation sites (tertiary alicyclic amines) is 1. The maximum absolute atomic E-state index is 14.1. The molecule has 2 aliphatic rings. The second-order valence-electron chi connectivity index (χ2n) is 6.94. The topological polar surface area (TPSA) is 12.5 Å². The van der Waals surface area contributed by atoms with Crippen LogP contribution in [0.1, 0.15) is 24.0 Å². The summed E-state index contributed by atoms with van der Waals surface area (Å²) in [6.45, 7) is 3.84. The van der Waals surface area contributed by atoms with Crippen molar-refractivity contribution >= 4 is 0 Å². The highest BCUT2D eigenvalue weighted by molar-refractivity contribution is 5.37. The van der Waals surface area contributed by atoms with Crippen molar-refractivity contribution in [2.45, 2.75) is 25.8 Å². The number of halogens is 1. The maximum atomic E-state index is 14.1. The first kappa shape index (κ1) is 14.7. The molecule has 1 fully saturated rings. The lowest BCUT2D eigenvalue weighted by Gasteiger charge is -2.44. The lowest BCUT2D eigenvalue weighted by molar-refractivity contribution is 0.0370. The highest BCUT2D eigenvalue weighted by Crippen LogP contribution is 2.42. The molecule has 0 radical (unpaired) electrons. The average Bonchev–Trinajstić information content (AvgIpc) is 2.59. The van der Waals surface area contributed by atoms with Gasteiger partial charge in [-0.25, -0.2) is 4.39 Å². The van der Waals surface area contributed by atoms with Crippen molar-refractivity contribution in [3.63, 3.8) is 0 Å². The van der Waals surface area contributed by atoms with Crippen LogP contribution in [0.2, 0.25) is 0 Å². The first-order valence-electron chi connectivity index (χ1n) is 8.41. The number of piperidine rings is 1. The van der Waals surface area contributed by atoms with Crippen molar-refractivity contribution in [2.24, 2.45) is 5.41 Å². The lowest BCUT2D eigenvalue weighted by atomic mass is 9.73. The number of ether oxygens (including phenoxy) is 1. The Morgan fingerprint density at radius 2 is 1.78 bits per heavy atom. The summed E-state index contributed by atoms with van der Waals surface area (Å²) in [6, 6.07) is 15.8. The summed E-state index contributed by atoms with van der Waals surface area (Å²) in [5.41, 5.74) is 2.25. The van der Waals surface area contributed by atoms with Crippen LogP contribution in [0.25, 0.3) is 0 Å². The molecule has 0 atom stereocenters. The third-order valence-electron chi connectivity index (χ3n) is 5.33. The van der Waals surface area contributed by atoms with Crippen LogP contribution in [0, 0.1) is 11.2 Å².